The topological polar surface area (TPSA) is 43.2 Å². The van der Waals surface area contributed by atoms with Crippen LogP contribution in [0.2, 0.25) is 0 Å². The van der Waals surface area contributed by atoms with Crippen LogP contribution in [0.4, 0.5) is 14.6 Å². The standard InChI is InChI=1S/C17H18F2N4/c1-22(2)8-9-23(17-5-3-4-14(11-20)21-17)12-13-6-7-15(18)16(19)10-13/h3-7,10H,8-9,12H2,1-2H3. The molecule has 0 spiro atoms. The molecule has 0 atom stereocenters. The van der Waals surface area contributed by atoms with E-state index in [0.717, 1.165) is 12.6 Å². The maximum atomic E-state index is 13.4. The van der Waals surface area contributed by atoms with E-state index in [1.807, 2.05) is 30.0 Å². The fourth-order valence-corrected chi connectivity index (χ4v) is 2.12. The van der Waals surface area contributed by atoms with E-state index in [-0.39, 0.29) is 0 Å². The minimum Gasteiger partial charge on any atom is -0.351 e. The van der Waals surface area contributed by atoms with Crippen LogP contribution in [0.15, 0.2) is 36.4 Å². The van der Waals surface area contributed by atoms with Crippen LogP contribution in [0.5, 0.6) is 0 Å². The van der Waals surface area contributed by atoms with Crippen LogP contribution in [-0.2, 0) is 6.54 Å². The Kier molecular flexibility index (Phi) is 5.61. The largest absolute Gasteiger partial charge is 0.351 e. The van der Waals surface area contributed by atoms with Crippen molar-refractivity contribution in [1.29, 1.82) is 5.26 Å². The zero-order valence-electron chi connectivity index (χ0n) is 13.1. The normalized spacial score (nSPS) is 10.6. The average molecular weight is 316 g/mol. The molecule has 2 aromatic rings. The van der Waals surface area contributed by atoms with Crippen LogP contribution in [0.1, 0.15) is 11.3 Å². The number of pyridine rings is 1. The van der Waals surface area contributed by atoms with E-state index in [9.17, 15) is 8.78 Å². The Morgan fingerprint density at radius 3 is 2.52 bits per heavy atom. The van der Waals surface area contributed by atoms with Gasteiger partial charge in [-0.15, -0.1) is 0 Å². The predicted octanol–water partition coefficient (Wildman–Crippen LogP) is 2.80. The number of hydrogen-bond acceptors (Lipinski definition) is 4. The zero-order valence-corrected chi connectivity index (χ0v) is 13.1. The molecule has 0 saturated heterocycles. The number of likely N-dealkylation sites (N-methyl/N-ethyl adjacent to an activating group) is 1. The molecule has 0 fully saturated rings. The number of halogens is 2. The smallest absolute Gasteiger partial charge is 0.159 e. The molecule has 1 heterocycles. The Labute approximate surface area is 134 Å². The lowest BCUT2D eigenvalue weighted by Gasteiger charge is -2.25. The Balaban J connectivity index is 2.25. The van der Waals surface area contributed by atoms with Crippen LogP contribution >= 0.6 is 0 Å². The highest BCUT2D eigenvalue weighted by atomic mass is 19.2. The first kappa shape index (κ1) is 16.8. The second-order valence-corrected chi connectivity index (χ2v) is 5.47. The van der Waals surface area contributed by atoms with E-state index in [0.29, 0.717) is 30.2 Å². The molecule has 0 unspecified atom stereocenters. The lowest BCUT2D eigenvalue weighted by molar-refractivity contribution is 0.412. The van der Waals surface area contributed by atoms with Gasteiger partial charge in [0.05, 0.1) is 0 Å². The van der Waals surface area contributed by atoms with Gasteiger partial charge >= 0.3 is 0 Å². The van der Waals surface area contributed by atoms with E-state index >= 15 is 0 Å². The second kappa shape index (κ2) is 7.65. The van der Waals surface area contributed by atoms with Crippen LogP contribution in [0.25, 0.3) is 0 Å². The van der Waals surface area contributed by atoms with Gasteiger partial charge in [-0.3, -0.25) is 0 Å². The monoisotopic (exact) mass is 316 g/mol. The van der Waals surface area contributed by atoms with E-state index in [1.165, 1.54) is 6.07 Å². The molecule has 0 aliphatic carbocycles. The number of nitrogens with zero attached hydrogens (tertiary/aromatic N) is 4. The molecule has 0 saturated carbocycles. The summed E-state index contributed by atoms with van der Waals surface area (Å²) in [7, 11) is 3.91. The third-order valence-electron chi connectivity index (χ3n) is 3.35. The average Bonchev–Trinajstić information content (AvgIpc) is 2.54. The van der Waals surface area contributed by atoms with Crippen LogP contribution in [0, 0.1) is 23.0 Å². The molecule has 4 nitrogen and oxygen atoms in total. The summed E-state index contributed by atoms with van der Waals surface area (Å²) in [5, 5.41) is 8.99. The van der Waals surface area contributed by atoms with Crippen LogP contribution < -0.4 is 4.90 Å². The van der Waals surface area contributed by atoms with Gasteiger partial charge in [-0.25, -0.2) is 13.8 Å². The highest BCUT2D eigenvalue weighted by Crippen LogP contribution is 2.17. The Morgan fingerprint density at radius 1 is 1.09 bits per heavy atom. The van der Waals surface area contributed by atoms with Crippen molar-refractivity contribution in [3.63, 3.8) is 0 Å². The first-order valence-electron chi connectivity index (χ1n) is 7.20. The lowest BCUT2D eigenvalue weighted by atomic mass is 10.2. The Hall–Kier alpha value is -2.52. The summed E-state index contributed by atoms with van der Waals surface area (Å²) in [5.41, 5.74) is 0.967. The third kappa shape index (κ3) is 4.73. The molecule has 0 amide bonds. The Morgan fingerprint density at radius 2 is 1.87 bits per heavy atom. The summed E-state index contributed by atoms with van der Waals surface area (Å²) in [6.45, 7) is 1.79. The number of hydrogen-bond donors (Lipinski definition) is 0. The van der Waals surface area contributed by atoms with Gasteiger partial charge in [-0.2, -0.15) is 5.26 Å². The molecule has 23 heavy (non-hydrogen) atoms. The minimum atomic E-state index is -0.867. The summed E-state index contributed by atoms with van der Waals surface area (Å²) >= 11 is 0. The summed E-state index contributed by atoms with van der Waals surface area (Å²) < 4.78 is 26.5. The van der Waals surface area contributed by atoms with Gasteiger partial charge in [0.15, 0.2) is 11.6 Å². The van der Waals surface area contributed by atoms with Gasteiger partial charge in [-0.1, -0.05) is 12.1 Å². The number of aromatic nitrogens is 1. The van der Waals surface area contributed by atoms with Gasteiger partial charge < -0.3 is 9.80 Å². The molecule has 0 aliphatic rings. The van der Waals surface area contributed by atoms with Gasteiger partial charge in [-0.05, 0) is 43.9 Å². The first-order valence-corrected chi connectivity index (χ1v) is 7.20. The number of nitriles is 1. The zero-order chi connectivity index (χ0) is 16.8. The minimum absolute atomic E-state index is 0.322. The number of rotatable bonds is 6. The molecular weight excluding hydrogens is 298 g/mol. The second-order valence-electron chi connectivity index (χ2n) is 5.47. The van der Waals surface area contributed by atoms with Gasteiger partial charge in [0.2, 0.25) is 0 Å². The maximum absolute atomic E-state index is 13.4. The predicted molar refractivity (Wildman–Crippen MR) is 84.9 cm³/mol. The van der Waals surface area contributed by atoms with Gasteiger partial charge in [0, 0.05) is 19.6 Å². The van der Waals surface area contributed by atoms with Crippen molar-refractivity contribution in [3.8, 4) is 6.07 Å². The molecule has 0 N–H and O–H groups in total. The fourth-order valence-electron chi connectivity index (χ4n) is 2.12. The summed E-state index contributed by atoms with van der Waals surface area (Å²) in [5.74, 6) is -1.09. The van der Waals surface area contributed by atoms with Crippen molar-refractivity contribution in [3.05, 3.63) is 59.3 Å². The molecule has 0 radical (unpaired) electrons. The molecule has 120 valence electrons. The van der Waals surface area contributed by atoms with Crippen molar-refractivity contribution in [1.82, 2.24) is 9.88 Å². The maximum Gasteiger partial charge on any atom is 0.159 e. The van der Waals surface area contributed by atoms with E-state index in [4.69, 9.17) is 5.26 Å². The fraction of sp³-hybridized carbons (Fsp3) is 0.294. The van der Waals surface area contributed by atoms with E-state index in [1.54, 1.807) is 24.3 Å². The SMILES string of the molecule is CN(C)CCN(Cc1ccc(F)c(F)c1)c1cccc(C#N)n1. The molecule has 6 heteroatoms. The first-order chi connectivity index (χ1) is 11.0. The molecule has 0 aliphatic heterocycles. The molecule has 1 aromatic carbocycles. The highest BCUT2D eigenvalue weighted by Gasteiger charge is 2.12. The van der Waals surface area contributed by atoms with Gasteiger partial charge in [0.1, 0.15) is 17.6 Å². The van der Waals surface area contributed by atoms with Crippen molar-refractivity contribution >= 4 is 5.82 Å². The third-order valence-corrected chi connectivity index (χ3v) is 3.35. The summed E-state index contributed by atoms with van der Waals surface area (Å²) in [6.07, 6.45) is 0. The Bertz CT molecular complexity index is 710. The van der Waals surface area contributed by atoms with Crippen molar-refractivity contribution < 1.29 is 8.78 Å². The van der Waals surface area contributed by atoms with Gasteiger partial charge in [0.25, 0.3) is 0 Å². The molecule has 0 bridgehead atoms. The van der Waals surface area contributed by atoms with Crippen molar-refractivity contribution in [2.24, 2.45) is 0 Å². The molecule has 1 aromatic heterocycles. The van der Waals surface area contributed by atoms with Crippen LogP contribution in [-0.4, -0.2) is 37.1 Å². The highest BCUT2D eigenvalue weighted by molar-refractivity contribution is 5.42. The number of benzene rings is 1. The number of anilines is 1. The van der Waals surface area contributed by atoms with Crippen molar-refractivity contribution in [2.75, 3.05) is 32.1 Å². The summed E-state index contributed by atoms with van der Waals surface area (Å²) in [4.78, 5) is 8.24. The van der Waals surface area contributed by atoms with E-state index < -0.39 is 11.6 Å². The molecule has 2 rings (SSSR count). The van der Waals surface area contributed by atoms with Crippen LogP contribution in [0.3, 0.4) is 0 Å². The lowest BCUT2D eigenvalue weighted by Crippen LogP contribution is -2.32. The molecular formula is C17H18F2N4. The quantitative estimate of drug-likeness (QED) is 0.822. The van der Waals surface area contributed by atoms with Crippen molar-refractivity contribution in [2.45, 2.75) is 6.54 Å². The van der Waals surface area contributed by atoms with E-state index in [2.05, 4.69) is 4.98 Å². The summed E-state index contributed by atoms with van der Waals surface area (Å²) in [6, 6.07) is 11.1.